The topological polar surface area (TPSA) is 79.9 Å². The van der Waals surface area contributed by atoms with Crippen molar-refractivity contribution in [2.24, 2.45) is 0 Å². The molecule has 0 saturated heterocycles. The highest BCUT2D eigenvalue weighted by atomic mass is 16.5. The van der Waals surface area contributed by atoms with Crippen LogP contribution < -0.4 is 4.74 Å². The van der Waals surface area contributed by atoms with Crippen LogP contribution >= 0.6 is 0 Å². The molecule has 2 N–H and O–H groups in total. The molecule has 0 amide bonds. The van der Waals surface area contributed by atoms with Crippen molar-refractivity contribution < 1.29 is 24.2 Å². The monoisotopic (exact) mass is 310 g/mol. The fourth-order valence-corrected chi connectivity index (χ4v) is 2.32. The standard InChI is InChI=1S/C18H14O5/c1-22-14-5-3-12(4-6-14)16-10-13-8-11(2-7-17(20)21)9-15(19)18(13)23-16/h2-10,19H,1H3,(H,20,21)/b7-2+. The van der Waals surface area contributed by atoms with Gasteiger partial charge in [0.1, 0.15) is 11.5 Å². The predicted molar refractivity (Wildman–Crippen MR) is 86.5 cm³/mol. The minimum absolute atomic E-state index is 0.0349. The summed E-state index contributed by atoms with van der Waals surface area (Å²) >= 11 is 0. The third-order valence-electron chi connectivity index (χ3n) is 3.41. The number of ether oxygens (including phenoxy) is 1. The average molecular weight is 310 g/mol. The van der Waals surface area contributed by atoms with Crippen molar-refractivity contribution >= 4 is 23.0 Å². The van der Waals surface area contributed by atoms with Gasteiger partial charge >= 0.3 is 5.97 Å². The largest absolute Gasteiger partial charge is 0.504 e. The second-order valence-electron chi connectivity index (χ2n) is 4.97. The molecule has 0 bridgehead atoms. The molecule has 3 aromatic rings. The summed E-state index contributed by atoms with van der Waals surface area (Å²) in [5, 5.41) is 19.4. The van der Waals surface area contributed by atoms with E-state index in [1.807, 2.05) is 24.3 Å². The van der Waals surface area contributed by atoms with Crippen LogP contribution in [0.5, 0.6) is 11.5 Å². The Morgan fingerprint density at radius 2 is 1.91 bits per heavy atom. The van der Waals surface area contributed by atoms with Crippen LogP contribution in [0.4, 0.5) is 0 Å². The van der Waals surface area contributed by atoms with Crippen molar-refractivity contribution in [1.29, 1.82) is 0 Å². The summed E-state index contributed by atoms with van der Waals surface area (Å²) in [6.45, 7) is 0. The lowest BCUT2D eigenvalue weighted by atomic mass is 10.1. The number of rotatable bonds is 4. The van der Waals surface area contributed by atoms with Crippen LogP contribution in [0.2, 0.25) is 0 Å². The SMILES string of the molecule is COc1ccc(-c2cc3cc(/C=C/C(=O)O)cc(O)c3o2)cc1. The van der Waals surface area contributed by atoms with E-state index in [-0.39, 0.29) is 5.75 Å². The van der Waals surface area contributed by atoms with Crippen LogP contribution in [-0.2, 0) is 4.79 Å². The molecule has 3 rings (SSSR count). The van der Waals surface area contributed by atoms with Gasteiger partial charge in [-0.05, 0) is 54.1 Å². The number of carbonyl (C=O) groups is 1. The Morgan fingerprint density at radius 3 is 2.57 bits per heavy atom. The summed E-state index contributed by atoms with van der Waals surface area (Å²) in [4.78, 5) is 10.6. The van der Waals surface area contributed by atoms with Crippen LogP contribution in [0.3, 0.4) is 0 Å². The number of aromatic hydroxyl groups is 1. The molecule has 116 valence electrons. The molecular formula is C18H14O5. The first kappa shape index (κ1) is 14.7. The van der Waals surface area contributed by atoms with E-state index in [2.05, 4.69) is 0 Å². The van der Waals surface area contributed by atoms with Crippen LogP contribution in [0.1, 0.15) is 5.56 Å². The predicted octanol–water partition coefficient (Wildman–Crippen LogP) is 3.91. The van der Waals surface area contributed by atoms with Gasteiger partial charge in [-0.3, -0.25) is 0 Å². The maximum absolute atomic E-state index is 10.6. The molecule has 5 nitrogen and oxygen atoms in total. The quantitative estimate of drug-likeness (QED) is 0.714. The number of hydrogen-bond donors (Lipinski definition) is 2. The molecule has 0 aliphatic heterocycles. The highest BCUT2D eigenvalue weighted by Gasteiger charge is 2.11. The number of carboxylic acids is 1. The molecule has 0 atom stereocenters. The van der Waals surface area contributed by atoms with Crippen molar-refractivity contribution in [2.45, 2.75) is 0 Å². The smallest absolute Gasteiger partial charge is 0.328 e. The number of phenolic OH excluding ortho intramolecular Hbond substituents is 1. The first-order chi connectivity index (χ1) is 11.1. The van der Waals surface area contributed by atoms with Gasteiger partial charge in [-0.25, -0.2) is 4.79 Å². The maximum atomic E-state index is 10.6. The fourth-order valence-electron chi connectivity index (χ4n) is 2.32. The molecule has 0 saturated carbocycles. The Hall–Kier alpha value is -3.21. The van der Waals surface area contributed by atoms with Gasteiger partial charge in [0.25, 0.3) is 0 Å². The van der Waals surface area contributed by atoms with Crippen LogP contribution in [-0.4, -0.2) is 23.3 Å². The lowest BCUT2D eigenvalue weighted by Gasteiger charge is -2.00. The van der Waals surface area contributed by atoms with Crippen molar-refractivity contribution in [1.82, 2.24) is 0 Å². The Bertz CT molecular complexity index is 888. The Balaban J connectivity index is 2.03. The molecule has 0 spiro atoms. The molecule has 2 aromatic carbocycles. The van der Waals surface area contributed by atoms with Crippen molar-refractivity contribution in [3.63, 3.8) is 0 Å². The zero-order valence-electron chi connectivity index (χ0n) is 12.3. The number of phenols is 1. The Labute approximate surface area is 132 Å². The number of furan rings is 1. The first-order valence-electron chi connectivity index (χ1n) is 6.89. The molecule has 0 radical (unpaired) electrons. The van der Waals surface area contributed by atoms with E-state index in [1.54, 1.807) is 19.2 Å². The van der Waals surface area contributed by atoms with Gasteiger partial charge in [0.05, 0.1) is 7.11 Å². The lowest BCUT2D eigenvalue weighted by Crippen LogP contribution is -1.85. The van der Waals surface area contributed by atoms with E-state index in [0.717, 1.165) is 17.4 Å². The van der Waals surface area contributed by atoms with Gasteiger partial charge < -0.3 is 19.4 Å². The van der Waals surface area contributed by atoms with Crippen LogP contribution in [0.25, 0.3) is 28.4 Å². The Morgan fingerprint density at radius 1 is 1.17 bits per heavy atom. The molecule has 5 heteroatoms. The summed E-state index contributed by atoms with van der Waals surface area (Å²) in [5.41, 5.74) is 1.80. The minimum Gasteiger partial charge on any atom is -0.504 e. The van der Waals surface area contributed by atoms with Crippen molar-refractivity contribution in [2.75, 3.05) is 7.11 Å². The first-order valence-corrected chi connectivity index (χ1v) is 6.89. The fraction of sp³-hybridized carbons (Fsp3) is 0.0556. The van der Waals surface area contributed by atoms with Gasteiger partial charge in [0.15, 0.2) is 11.3 Å². The molecule has 0 unspecified atom stereocenters. The second kappa shape index (κ2) is 5.88. The highest BCUT2D eigenvalue weighted by molar-refractivity contribution is 5.91. The summed E-state index contributed by atoms with van der Waals surface area (Å²) < 4.78 is 10.8. The zero-order valence-corrected chi connectivity index (χ0v) is 12.3. The molecule has 1 aromatic heterocycles. The summed E-state index contributed by atoms with van der Waals surface area (Å²) in [6.07, 6.45) is 2.44. The highest BCUT2D eigenvalue weighted by Crippen LogP contribution is 2.34. The third-order valence-corrected chi connectivity index (χ3v) is 3.41. The molecule has 0 fully saturated rings. The summed E-state index contributed by atoms with van der Waals surface area (Å²) in [6, 6.07) is 12.4. The van der Waals surface area contributed by atoms with Gasteiger partial charge in [0, 0.05) is 17.0 Å². The number of carboxylic acid groups (broad SMARTS) is 1. The van der Waals surface area contributed by atoms with Gasteiger partial charge in [0.2, 0.25) is 0 Å². The number of hydrogen-bond acceptors (Lipinski definition) is 4. The van der Waals surface area contributed by atoms with Gasteiger partial charge in [-0.1, -0.05) is 0 Å². The minimum atomic E-state index is -1.05. The van der Waals surface area contributed by atoms with Crippen molar-refractivity contribution in [3.8, 4) is 22.8 Å². The number of methoxy groups -OCH3 is 1. The van der Waals surface area contributed by atoms with E-state index in [4.69, 9.17) is 14.3 Å². The van der Waals surface area contributed by atoms with E-state index in [1.165, 1.54) is 12.1 Å². The molecular weight excluding hydrogens is 296 g/mol. The van der Waals surface area contributed by atoms with E-state index >= 15 is 0 Å². The Kier molecular flexibility index (Phi) is 3.76. The lowest BCUT2D eigenvalue weighted by molar-refractivity contribution is -0.131. The number of fused-ring (bicyclic) bond motifs is 1. The molecule has 23 heavy (non-hydrogen) atoms. The van der Waals surface area contributed by atoms with Crippen molar-refractivity contribution in [3.05, 3.63) is 54.1 Å². The number of benzene rings is 2. The van der Waals surface area contributed by atoms with Gasteiger partial charge in [-0.15, -0.1) is 0 Å². The summed E-state index contributed by atoms with van der Waals surface area (Å²) in [5.74, 6) is 0.272. The van der Waals surface area contributed by atoms with Crippen LogP contribution in [0, 0.1) is 0 Å². The van der Waals surface area contributed by atoms with E-state index in [0.29, 0.717) is 22.3 Å². The second-order valence-corrected chi connectivity index (χ2v) is 4.97. The van der Waals surface area contributed by atoms with Crippen LogP contribution in [0.15, 0.2) is 53.0 Å². The normalized spacial score (nSPS) is 11.2. The maximum Gasteiger partial charge on any atom is 0.328 e. The van der Waals surface area contributed by atoms with E-state index < -0.39 is 5.97 Å². The third kappa shape index (κ3) is 3.03. The molecule has 1 heterocycles. The summed E-state index contributed by atoms with van der Waals surface area (Å²) in [7, 11) is 1.60. The average Bonchev–Trinajstić information content (AvgIpc) is 2.97. The van der Waals surface area contributed by atoms with E-state index in [9.17, 15) is 9.90 Å². The molecule has 0 aliphatic carbocycles. The zero-order chi connectivity index (χ0) is 16.4. The number of aliphatic carboxylic acids is 1. The molecule has 0 aliphatic rings. The van der Waals surface area contributed by atoms with Gasteiger partial charge in [-0.2, -0.15) is 0 Å².